The predicted octanol–water partition coefficient (Wildman–Crippen LogP) is 8.02. The van der Waals surface area contributed by atoms with Crippen molar-refractivity contribution in [2.75, 3.05) is 0 Å². The Kier molecular flexibility index (Phi) is 8.63. The molecule has 0 fully saturated rings. The summed E-state index contributed by atoms with van der Waals surface area (Å²) in [4.78, 5) is 25.6. The molecule has 204 valence electrons. The fourth-order valence-electron chi connectivity index (χ4n) is 4.07. The van der Waals surface area contributed by atoms with Crippen LogP contribution in [0, 0.1) is 6.92 Å². The number of amides is 1. The highest BCUT2D eigenvalue weighted by molar-refractivity contribution is 6.35. The van der Waals surface area contributed by atoms with E-state index in [9.17, 15) is 9.59 Å². The number of carbonyl (C=O) groups is 2. The van der Waals surface area contributed by atoms with Crippen LogP contribution < -0.4 is 14.9 Å². The molecule has 6 nitrogen and oxygen atoms in total. The lowest BCUT2D eigenvalue weighted by Gasteiger charge is -2.11. The Labute approximate surface area is 247 Å². The average Bonchev–Trinajstić information content (AvgIpc) is 2.98. The van der Waals surface area contributed by atoms with Crippen molar-refractivity contribution >= 4 is 52.1 Å². The zero-order valence-corrected chi connectivity index (χ0v) is 23.4. The van der Waals surface area contributed by atoms with E-state index in [0.29, 0.717) is 38.2 Å². The van der Waals surface area contributed by atoms with Crippen LogP contribution in [0.5, 0.6) is 11.5 Å². The summed E-state index contributed by atoms with van der Waals surface area (Å²) in [5, 5.41) is 6.99. The van der Waals surface area contributed by atoms with Gasteiger partial charge in [-0.2, -0.15) is 5.10 Å². The van der Waals surface area contributed by atoms with Gasteiger partial charge in [-0.1, -0.05) is 77.3 Å². The van der Waals surface area contributed by atoms with Crippen molar-refractivity contribution in [2.24, 2.45) is 5.10 Å². The van der Waals surface area contributed by atoms with Gasteiger partial charge in [0.05, 0.1) is 11.8 Å². The molecule has 0 heterocycles. The number of halogens is 2. The molecule has 8 heteroatoms. The third-order valence-electron chi connectivity index (χ3n) is 6.31. The lowest BCUT2D eigenvalue weighted by atomic mass is 10.0. The minimum absolute atomic E-state index is 0.258. The van der Waals surface area contributed by atoms with Gasteiger partial charge in [-0.25, -0.2) is 10.2 Å². The number of hydrazone groups is 1. The SMILES string of the molecule is Cc1ccc(C(=O)Oc2ccc3ccccc3c2/C=N/NC(=O)c2ccc(OCc3ccc(Cl)cc3Cl)cc2)cc1. The van der Waals surface area contributed by atoms with Crippen LogP contribution in [0.3, 0.4) is 0 Å². The van der Waals surface area contributed by atoms with Crippen LogP contribution in [0.15, 0.2) is 108 Å². The van der Waals surface area contributed by atoms with E-state index in [1.54, 1.807) is 60.7 Å². The molecule has 0 atom stereocenters. The van der Waals surface area contributed by atoms with E-state index in [2.05, 4.69) is 10.5 Å². The van der Waals surface area contributed by atoms with Crippen molar-refractivity contribution in [1.82, 2.24) is 5.43 Å². The molecule has 0 spiro atoms. The minimum Gasteiger partial charge on any atom is -0.489 e. The van der Waals surface area contributed by atoms with Gasteiger partial charge in [-0.15, -0.1) is 0 Å². The summed E-state index contributed by atoms with van der Waals surface area (Å²) in [6.45, 7) is 2.20. The number of ether oxygens (including phenoxy) is 2. The first kappa shape index (κ1) is 27.9. The molecular formula is C33H24Cl2N2O4. The van der Waals surface area contributed by atoms with Crippen molar-refractivity contribution in [3.05, 3.63) is 141 Å². The zero-order chi connectivity index (χ0) is 28.8. The fraction of sp³-hybridized carbons (Fsp3) is 0.0606. The summed E-state index contributed by atoms with van der Waals surface area (Å²) in [6, 6.07) is 30.2. The monoisotopic (exact) mass is 582 g/mol. The third kappa shape index (κ3) is 6.92. The predicted molar refractivity (Wildman–Crippen MR) is 162 cm³/mol. The van der Waals surface area contributed by atoms with Gasteiger partial charge in [-0.3, -0.25) is 4.79 Å². The first-order valence-corrected chi connectivity index (χ1v) is 13.4. The summed E-state index contributed by atoms with van der Waals surface area (Å²) in [7, 11) is 0. The van der Waals surface area contributed by atoms with Crippen molar-refractivity contribution in [2.45, 2.75) is 13.5 Å². The lowest BCUT2D eigenvalue weighted by Crippen LogP contribution is -2.17. The van der Waals surface area contributed by atoms with Gasteiger partial charge in [0.1, 0.15) is 18.1 Å². The van der Waals surface area contributed by atoms with Crippen molar-refractivity contribution in [3.63, 3.8) is 0 Å². The van der Waals surface area contributed by atoms with Gasteiger partial charge in [0.2, 0.25) is 0 Å². The summed E-state index contributed by atoms with van der Waals surface area (Å²) in [5.41, 5.74) is 5.77. The first-order chi connectivity index (χ1) is 19.9. The maximum atomic E-state index is 12.8. The quantitative estimate of drug-likeness (QED) is 0.0869. The largest absolute Gasteiger partial charge is 0.489 e. The van der Waals surface area contributed by atoms with E-state index in [-0.39, 0.29) is 6.61 Å². The minimum atomic E-state index is -0.486. The molecule has 0 radical (unpaired) electrons. The highest BCUT2D eigenvalue weighted by Crippen LogP contribution is 2.28. The van der Waals surface area contributed by atoms with E-state index in [4.69, 9.17) is 32.7 Å². The Morgan fingerprint density at radius 2 is 1.59 bits per heavy atom. The molecule has 5 aromatic rings. The second-order valence-electron chi connectivity index (χ2n) is 9.20. The number of hydrogen-bond acceptors (Lipinski definition) is 5. The standard InChI is InChI=1S/C33H24Cl2N2O4/c1-21-6-8-24(9-7-21)33(39)41-31-17-13-22-4-2-3-5-28(22)29(31)19-36-37-32(38)23-11-15-27(16-12-23)40-20-25-10-14-26(34)18-30(25)35/h2-19H,20H2,1H3,(H,37,38)/b36-19+. The maximum Gasteiger partial charge on any atom is 0.343 e. The van der Waals surface area contributed by atoms with Crippen LogP contribution >= 0.6 is 23.2 Å². The number of nitrogens with one attached hydrogen (secondary N) is 1. The highest BCUT2D eigenvalue weighted by atomic mass is 35.5. The molecule has 5 rings (SSSR count). The Bertz CT molecular complexity index is 1750. The van der Waals surface area contributed by atoms with Crippen LogP contribution in [0.25, 0.3) is 10.8 Å². The Balaban J connectivity index is 1.28. The molecular weight excluding hydrogens is 559 g/mol. The fourth-order valence-corrected chi connectivity index (χ4v) is 4.53. The molecule has 0 bridgehead atoms. The van der Waals surface area contributed by atoms with Gasteiger partial charge in [-0.05, 0) is 72.3 Å². The molecule has 0 aliphatic heterocycles. The van der Waals surface area contributed by atoms with E-state index in [1.807, 2.05) is 49.4 Å². The van der Waals surface area contributed by atoms with Gasteiger partial charge in [0.15, 0.2) is 0 Å². The average molecular weight is 583 g/mol. The number of aryl methyl sites for hydroxylation is 1. The topological polar surface area (TPSA) is 77.0 Å². The van der Waals surface area contributed by atoms with Crippen LogP contribution in [-0.2, 0) is 6.61 Å². The van der Waals surface area contributed by atoms with Crippen LogP contribution in [-0.4, -0.2) is 18.1 Å². The van der Waals surface area contributed by atoms with E-state index in [1.165, 1.54) is 6.21 Å². The van der Waals surface area contributed by atoms with E-state index < -0.39 is 11.9 Å². The smallest absolute Gasteiger partial charge is 0.343 e. The van der Waals surface area contributed by atoms with Crippen LogP contribution in [0.2, 0.25) is 10.0 Å². The molecule has 0 aliphatic rings. The molecule has 0 aromatic heterocycles. The van der Waals surface area contributed by atoms with Gasteiger partial charge < -0.3 is 9.47 Å². The number of carbonyl (C=O) groups excluding carboxylic acids is 2. The molecule has 0 saturated carbocycles. The number of nitrogens with zero attached hydrogens (tertiary/aromatic N) is 1. The molecule has 41 heavy (non-hydrogen) atoms. The molecule has 1 amide bonds. The number of rotatable bonds is 8. The van der Waals surface area contributed by atoms with E-state index in [0.717, 1.165) is 21.9 Å². The summed E-state index contributed by atoms with van der Waals surface area (Å²) in [6.07, 6.45) is 1.48. The number of benzene rings is 5. The van der Waals surface area contributed by atoms with Crippen molar-refractivity contribution < 1.29 is 19.1 Å². The number of esters is 1. The third-order valence-corrected chi connectivity index (χ3v) is 6.89. The second kappa shape index (κ2) is 12.7. The Morgan fingerprint density at radius 1 is 0.854 bits per heavy atom. The number of fused-ring (bicyclic) bond motifs is 1. The first-order valence-electron chi connectivity index (χ1n) is 12.7. The normalized spacial score (nSPS) is 11.0. The summed E-state index contributed by atoms with van der Waals surface area (Å²) < 4.78 is 11.5. The molecule has 0 saturated heterocycles. The molecule has 0 unspecified atom stereocenters. The van der Waals surface area contributed by atoms with Crippen molar-refractivity contribution in [3.8, 4) is 11.5 Å². The van der Waals surface area contributed by atoms with Crippen molar-refractivity contribution in [1.29, 1.82) is 0 Å². The Morgan fingerprint density at radius 3 is 2.34 bits per heavy atom. The lowest BCUT2D eigenvalue weighted by molar-refractivity contribution is 0.0734. The van der Waals surface area contributed by atoms with Crippen LogP contribution in [0.1, 0.15) is 37.4 Å². The molecule has 1 N–H and O–H groups in total. The second-order valence-corrected chi connectivity index (χ2v) is 10.0. The molecule has 5 aromatic carbocycles. The summed E-state index contributed by atoms with van der Waals surface area (Å²) >= 11 is 12.1. The maximum absolute atomic E-state index is 12.8. The van der Waals surface area contributed by atoms with Gasteiger partial charge in [0, 0.05) is 26.7 Å². The number of hydrogen-bond donors (Lipinski definition) is 1. The summed E-state index contributed by atoms with van der Waals surface area (Å²) in [5.74, 6) is 0.00742. The Hall–Kier alpha value is -4.65. The van der Waals surface area contributed by atoms with E-state index >= 15 is 0 Å². The molecule has 0 aliphatic carbocycles. The highest BCUT2D eigenvalue weighted by Gasteiger charge is 2.14. The van der Waals surface area contributed by atoms with Gasteiger partial charge in [0.25, 0.3) is 5.91 Å². The van der Waals surface area contributed by atoms with Gasteiger partial charge >= 0.3 is 5.97 Å². The zero-order valence-electron chi connectivity index (χ0n) is 21.9. The van der Waals surface area contributed by atoms with Crippen LogP contribution in [0.4, 0.5) is 0 Å².